The number of benzene rings is 1. The number of nitrogens with one attached hydrogen (secondary N) is 1. The molecule has 0 bridgehead atoms. The van der Waals surface area contributed by atoms with Gasteiger partial charge in [-0.05, 0) is 24.3 Å². The van der Waals surface area contributed by atoms with Gasteiger partial charge in [0.15, 0.2) is 0 Å². The number of amides is 1. The number of carbonyl (C=O) groups excluding carboxylic acids is 2. The van der Waals surface area contributed by atoms with Crippen LogP contribution in [0.1, 0.15) is 10.4 Å². The van der Waals surface area contributed by atoms with E-state index >= 15 is 0 Å². The molecule has 2 N–H and O–H groups in total. The number of carbonyl (C=O) groups is 2. The average Bonchev–Trinajstić information content (AvgIpc) is 2.36. The Hall–Kier alpha value is -1.80. The fourth-order valence-electron chi connectivity index (χ4n) is 1.22. The predicted molar refractivity (Wildman–Crippen MR) is 61.9 cm³/mol. The number of hydrogen-bond acceptors (Lipinski definition) is 4. The maximum atomic E-state index is 12.7. The molecule has 0 heterocycles. The van der Waals surface area contributed by atoms with Crippen molar-refractivity contribution in [1.82, 2.24) is 5.32 Å². The lowest BCUT2D eigenvalue weighted by molar-refractivity contribution is -0.268. The highest BCUT2D eigenvalue weighted by atomic mass is 35.5. The molecule has 1 aromatic carbocycles. The quantitative estimate of drug-likeness (QED) is 0.655. The summed E-state index contributed by atoms with van der Waals surface area (Å²) >= 11 is 5.56. The van der Waals surface area contributed by atoms with Gasteiger partial charge in [0.2, 0.25) is 0 Å². The van der Waals surface area contributed by atoms with Gasteiger partial charge in [0, 0.05) is 10.6 Å². The first-order chi connectivity index (χ1) is 9.11. The van der Waals surface area contributed by atoms with Gasteiger partial charge < -0.3 is 15.2 Å². The van der Waals surface area contributed by atoms with Crippen LogP contribution >= 0.6 is 11.6 Å². The van der Waals surface area contributed by atoms with Crippen molar-refractivity contribution in [3.8, 4) is 0 Å². The van der Waals surface area contributed by atoms with Gasteiger partial charge in [-0.1, -0.05) is 11.6 Å². The molecule has 9 heteroatoms. The Labute approximate surface area is 116 Å². The van der Waals surface area contributed by atoms with Gasteiger partial charge in [-0.3, -0.25) is 4.79 Å². The molecule has 1 amide bonds. The van der Waals surface area contributed by atoms with Crippen molar-refractivity contribution in [2.45, 2.75) is 11.9 Å². The molecular weight excluding hydrogens is 303 g/mol. The van der Waals surface area contributed by atoms with Gasteiger partial charge in [0.1, 0.15) is 0 Å². The van der Waals surface area contributed by atoms with Crippen molar-refractivity contribution >= 4 is 23.5 Å². The number of ether oxygens (including phenoxy) is 1. The van der Waals surface area contributed by atoms with Crippen LogP contribution in [0.4, 0.5) is 13.2 Å². The van der Waals surface area contributed by atoms with Gasteiger partial charge in [-0.25, -0.2) is 4.79 Å². The number of methoxy groups -OCH3 is 1. The van der Waals surface area contributed by atoms with Crippen LogP contribution in [0.15, 0.2) is 24.3 Å². The Kier molecular flexibility index (Phi) is 4.61. The summed E-state index contributed by atoms with van der Waals surface area (Å²) in [5.41, 5.74) is -4.35. The van der Waals surface area contributed by atoms with Crippen LogP contribution in [0.25, 0.3) is 0 Å². The molecule has 0 spiro atoms. The lowest BCUT2D eigenvalue weighted by atomic mass is 10.1. The average molecular weight is 312 g/mol. The lowest BCUT2D eigenvalue weighted by Crippen LogP contribution is -2.64. The van der Waals surface area contributed by atoms with Gasteiger partial charge in [-0.2, -0.15) is 13.2 Å². The molecule has 1 atom stereocenters. The summed E-state index contributed by atoms with van der Waals surface area (Å²) in [7, 11) is 0.646. The van der Waals surface area contributed by atoms with Crippen molar-refractivity contribution in [2.24, 2.45) is 0 Å². The van der Waals surface area contributed by atoms with Crippen LogP contribution in [-0.2, 0) is 9.53 Å². The molecule has 0 aliphatic rings. The molecular formula is C11H9ClF3NO4. The summed E-state index contributed by atoms with van der Waals surface area (Å²) in [6.45, 7) is 0. The normalized spacial score (nSPS) is 14.3. The standard InChI is InChI=1S/C11H9ClF3NO4/c1-20-9(18)10(19,11(13,14)15)16-8(17)6-2-4-7(12)5-3-6/h2-5,19H,1H3,(H,16,17)/t10-/m0/s1. The summed E-state index contributed by atoms with van der Waals surface area (Å²) in [4.78, 5) is 22.7. The van der Waals surface area contributed by atoms with E-state index in [4.69, 9.17) is 11.6 Å². The fourth-order valence-corrected chi connectivity index (χ4v) is 1.35. The largest absolute Gasteiger partial charge is 0.465 e. The van der Waals surface area contributed by atoms with Crippen LogP contribution in [-0.4, -0.2) is 36.0 Å². The van der Waals surface area contributed by atoms with Crippen molar-refractivity contribution in [1.29, 1.82) is 0 Å². The topological polar surface area (TPSA) is 75.6 Å². The summed E-state index contributed by atoms with van der Waals surface area (Å²) < 4.78 is 41.9. The van der Waals surface area contributed by atoms with E-state index in [1.165, 1.54) is 17.4 Å². The number of hydrogen-bond donors (Lipinski definition) is 2. The smallest absolute Gasteiger partial charge is 0.448 e. The van der Waals surface area contributed by atoms with E-state index in [9.17, 15) is 27.9 Å². The van der Waals surface area contributed by atoms with Gasteiger partial charge in [0.05, 0.1) is 7.11 Å². The number of esters is 1. The van der Waals surface area contributed by atoms with Crippen molar-refractivity contribution in [3.05, 3.63) is 34.9 Å². The Bertz CT molecular complexity index is 517. The number of halogens is 4. The predicted octanol–water partition coefficient (Wildman–Crippen LogP) is 1.49. The van der Waals surface area contributed by atoms with E-state index in [0.29, 0.717) is 7.11 Å². The van der Waals surface area contributed by atoms with Crippen LogP contribution in [0.5, 0.6) is 0 Å². The van der Waals surface area contributed by atoms with Crippen molar-refractivity contribution in [2.75, 3.05) is 7.11 Å². The van der Waals surface area contributed by atoms with E-state index in [2.05, 4.69) is 4.74 Å². The number of rotatable bonds is 3. The third-order valence-electron chi connectivity index (χ3n) is 2.29. The maximum Gasteiger partial charge on any atom is 0.448 e. The minimum absolute atomic E-state index is 0.221. The summed E-state index contributed by atoms with van der Waals surface area (Å²) in [5, 5.41) is 10.8. The third-order valence-corrected chi connectivity index (χ3v) is 2.54. The minimum atomic E-state index is -5.44. The molecule has 0 aliphatic carbocycles. The summed E-state index contributed by atoms with van der Waals surface area (Å²) in [5.74, 6) is -3.36. The molecule has 20 heavy (non-hydrogen) atoms. The minimum Gasteiger partial charge on any atom is -0.465 e. The Morgan fingerprint density at radius 2 is 1.75 bits per heavy atom. The molecule has 0 unspecified atom stereocenters. The molecule has 0 saturated carbocycles. The third kappa shape index (κ3) is 3.20. The van der Waals surface area contributed by atoms with Crippen LogP contribution < -0.4 is 5.32 Å². The Balaban J connectivity index is 3.05. The molecule has 0 radical (unpaired) electrons. The highest BCUT2D eigenvalue weighted by Crippen LogP contribution is 2.29. The molecule has 0 aromatic heterocycles. The molecule has 0 aliphatic heterocycles. The summed E-state index contributed by atoms with van der Waals surface area (Å²) in [6.07, 6.45) is -5.44. The van der Waals surface area contributed by atoms with Gasteiger partial charge in [-0.15, -0.1) is 0 Å². The molecule has 110 valence electrons. The van der Waals surface area contributed by atoms with Crippen molar-refractivity contribution in [3.63, 3.8) is 0 Å². The highest BCUT2D eigenvalue weighted by Gasteiger charge is 2.62. The number of alkyl halides is 3. The van der Waals surface area contributed by atoms with Gasteiger partial charge >= 0.3 is 17.9 Å². The van der Waals surface area contributed by atoms with Gasteiger partial charge in [0.25, 0.3) is 5.91 Å². The second-order valence-electron chi connectivity index (χ2n) is 3.66. The monoisotopic (exact) mass is 311 g/mol. The molecule has 0 fully saturated rings. The molecule has 0 saturated heterocycles. The van der Waals surface area contributed by atoms with Crippen LogP contribution in [0.2, 0.25) is 5.02 Å². The Morgan fingerprint density at radius 3 is 2.15 bits per heavy atom. The summed E-state index contributed by atoms with van der Waals surface area (Å²) in [6, 6.07) is 4.79. The van der Waals surface area contributed by atoms with E-state index < -0.39 is 23.8 Å². The second-order valence-corrected chi connectivity index (χ2v) is 4.10. The first-order valence-corrected chi connectivity index (χ1v) is 5.45. The first-order valence-electron chi connectivity index (χ1n) is 5.07. The maximum absolute atomic E-state index is 12.7. The zero-order valence-corrected chi connectivity index (χ0v) is 10.7. The molecule has 1 aromatic rings. The molecule has 5 nitrogen and oxygen atoms in total. The zero-order chi connectivity index (χ0) is 15.6. The fraction of sp³-hybridized carbons (Fsp3) is 0.273. The number of aliphatic hydroxyl groups is 1. The first kappa shape index (κ1) is 16.3. The Morgan fingerprint density at radius 1 is 1.25 bits per heavy atom. The van der Waals surface area contributed by atoms with E-state index in [0.717, 1.165) is 12.1 Å². The van der Waals surface area contributed by atoms with E-state index in [-0.39, 0.29) is 10.6 Å². The molecule has 1 rings (SSSR count). The second kappa shape index (κ2) is 5.68. The van der Waals surface area contributed by atoms with Crippen LogP contribution in [0.3, 0.4) is 0 Å². The highest BCUT2D eigenvalue weighted by molar-refractivity contribution is 6.30. The lowest BCUT2D eigenvalue weighted by Gasteiger charge is -2.28. The SMILES string of the molecule is COC(=O)[C@@](O)(NC(=O)c1ccc(Cl)cc1)C(F)(F)F. The zero-order valence-electron chi connectivity index (χ0n) is 9.99. The van der Waals surface area contributed by atoms with E-state index in [1.54, 1.807) is 0 Å². The van der Waals surface area contributed by atoms with Crippen molar-refractivity contribution < 1.29 is 32.6 Å². The van der Waals surface area contributed by atoms with E-state index in [1.807, 2.05) is 0 Å². The van der Waals surface area contributed by atoms with Crippen LogP contribution in [0, 0.1) is 0 Å².